The Labute approximate surface area is 135 Å². The maximum absolute atomic E-state index is 11.7. The summed E-state index contributed by atoms with van der Waals surface area (Å²) in [7, 11) is 0. The molecule has 0 heterocycles. The molecule has 1 N–H and O–H groups in total. The summed E-state index contributed by atoms with van der Waals surface area (Å²) in [5, 5.41) is 2.46. The van der Waals surface area contributed by atoms with Crippen molar-refractivity contribution in [1.82, 2.24) is 5.32 Å². The van der Waals surface area contributed by atoms with Gasteiger partial charge in [0.1, 0.15) is 18.0 Å². The summed E-state index contributed by atoms with van der Waals surface area (Å²) in [5.74, 6) is 0.162. The first-order valence-corrected chi connectivity index (χ1v) is 7.26. The SMILES string of the molecule is Cc1cccc(OCC(=O)NCC(=O)Oc2cccc(C)c2)c1. The molecule has 5 heteroatoms. The molecule has 2 aromatic carbocycles. The Kier molecular flexibility index (Phi) is 5.74. The van der Waals surface area contributed by atoms with Crippen LogP contribution in [-0.2, 0) is 9.59 Å². The van der Waals surface area contributed by atoms with E-state index >= 15 is 0 Å². The molecule has 0 atom stereocenters. The van der Waals surface area contributed by atoms with Crippen LogP contribution in [0.5, 0.6) is 11.5 Å². The van der Waals surface area contributed by atoms with Crippen LogP contribution in [0.15, 0.2) is 48.5 Å². The van der Waals surface area contributed by atoms with Crippen LogP contribution in [-0.4, -0.2) is 25.0 Å². The van der Waals surface area contributed by atoms with Crippen LogP contribution in [0.25, 0.3) is 0 Å². The van der Waals surface area contributed by atoms with E-state index in [1.54, 1.807) is 24.3 Å². The van der Waals surface area contributed by atoms with Crippen molar-refractivity contribution in [2.75, 3.05) is 13.2 Å². The van der Waals surface area contributed by atoms with E-state index in [0.717, 1.165) is 11.1 Å². The van der Waals surface area contributed by atoms with Gasteiger partial charge in [0.15, 0.2) is 6.61 Å². The highest BCUT2D eigenvalue weighted by Crippen LogP contribution is 2.13. The molecule has 2 rings (SSSR count). The number of aryl methyl sites for hydroxylation is 2. The molecule has 0 bridgehead atoms. The fourth-order valence-electron chi connectivity index (χ4n) is 1.92. The molecule has 0 fully saturated rings. The lowest BCUT2D eigenvalue weighted by Gasteiger charge is -2.08. The zero-order valence-corrected chi connectivity index (χ0v) is 13.2. The number of rotatable bonds is 6. The third-order valence-electron chi connectivity index (χ3n) is 3.01. The van der Waals surface area contributed by atoms with E-state index in [0.29, 0.717) is 11.5 Å². The molecular formula is C18H19NO4. The van der Waals surface area contributed by atoms with E-state index in [4.69, 9.17) is 9.47 Å². The van der Waals surface area contributed by atoms with Crippen LogP contribution in [0.3, 0.4) is 0 Å². The topological polar surface area (TPSA) is 64.6 Å². The van der Waals surface area contributed by atoms with Gasteiger partial charge in [-0.3, -0.25) is 4.79 Å². The summed E-state index contributed by atoms with van der Waals surface area (Å²) < 4.78 is 10.5. The van der Waals surface area contributed by atoms with E-state index in [-0.39, 0.29) is 19.1 Å². The van der Waals surface area contributed by atoms with Crippen molar-refractivity contribution in [2.45, 2.75) is 13.8 Å². The molecule has 2 aromatic rings. The van der Waals surface area contributed by atoms with E-state index in [1.807, 2.05) is 38.1 Å². The van der Waals surface area contributed by atoms with Gasteiger partial charge in [0, 0.05) is 0 Å². The summed E-state index contributed by atoms with van der Waals surface area (Å²) in [5.41, 5.74) is 2.04. The Morgan fingerprint density at radius 3 is 2.22 bits per heavy atom. The molecule has 0 saturated carbocycles. The van der Waals surface area contributed by atoms with Crippen molar-refractivity contribution in [1.29, 1.82) is 0 Å². The second-order valence-electron chi connectivity index (χ2n) is 5.17. The van der Waals surface area contributed by atoms with Gasteiger partial charge in [-0.25, -0.2) is 4.79 Å². The van der Waals surface area contributed by atoms with Crippen molar-refractivity contribution in [3.05, 3.63) is 59.7 Å². The number of ether oxygens (including phenoxy) is 2. The van der Waals surface area contributed by atoms with Gasteiger partial charge in [-0.05, 0) is 49.2 Å². The molecule has 120 valence electrons. The van der Waals surface area contributed by atoms with Gasteiger partial charge in [0.25, 0.3) is 5.91 Å². The normalized spacial score (nSPS) is 10.0. The Hall–Kier alpha value is -2.82. The highest BCUT2D eigenvalue weighted by Gasteiger charge is 2.08. The fourth-order valence-corrected chi connectivity index (χ4v) is 1.92. The predicted molar refractivity (Wildman–Crippen MR) is 86.5 cm³/mol. The lowest BCUT2D eigenvalue weighted by Crippen LogP contribution is -2.35. The standard InChI is InChI=1S/C18H19NO4/c1-13-5-3-7-15(9-13)22-12-17(20)19-11-18(21)23-16-8-4-6-14(2)10-16/h3-10H,11-12H2,1-2H3,(H,19,20). The number of nitrogens with one attached hydrogen (secondary N) is 1. The molecule has 0 aliphatic rings. The molecule has 0 saturated heterocycles. The molecule has 0 aliphatic carbocycles. The second kappa shape index (κ2) is 7.98. The van der Waals surface area contributed by atoms with Gasteiger partial charge >= 0.3 is 5.97 Å². The van der Waals surface area contributed by atoms with Gasteiger partial charge in [0.05, 0.1) is 0 Å². The molecule has 0 unspecified atom stereocenters. The van der Waals surface area contributed by atoms with Crippen LogP contribution in [0.4, 0.5) is 0 Å². The molecule has 5 nitrogen and oxygen atoms in total. The van der Waals surface area contributed by atoms with Gasteiger partial charge < -0.3 is 14.8 Å². The van der Waals surface area contributed by atoms with Crippen LogP contribution >= 0.6 is 0 Å². The first kappa shape index (κ1) is 16.5. The smallest absolute Gasteiger partial charge is 0.330 e. The molecule has 0 spiro atoms. The summed E-state index contributed by atoms with van der Waals surface area (Å²) in [4.78, 5) is 23.3. The highest BCUT2D eigenvalue weighted by atomic mass is 16.5. The largest absolute Gasteiger partial charge is 0.484 e. The maximum atomic E-state index is 11.7. The lowest BCUT2D eigenvalue weighted by atomic mass is 10.2. The van der Waals surface area contributed by atoms with E-state index in [2.05, 4.69) is 5.32 Å². The predicted octanol–water partition coefficient (Wildman–Crippen LogP) is 2.40. The summed E-state index contributed by atoms with van der Waals surface area (Å²) in [6.45, 7) is 3.49. The average molecular weight is 313 g/mol. The monoisotopic (exact) mass is 313 g/mol. The number of benzene rings is 2. The van der Waals surface area contributed by atoms with E-state index in [9.17, 15) is 9.59 Å². The highest BCUT2D eigenvalue weighted by molar-refractivity contribution is 5.83. The quantitative estimate of drug-likeness (QED) is 0.657. The minimum atomic E-state index is -0.528. The summed E-state index contributed by atoms with van der Waals surface area (Å²) >= 11 is 0. The Balaban J connectivity index is 1.72. The third-order valence-corrected chi connectivity index (χ3v) is 3.01. The van der Waals surface area contributed by atoms with Crippen molar-refractivity contribution < 1.29 is 19.1 Å². The zero-order valence-electron chi connectivity index (χ0n) is 13.2. The zero-order chi connectivity index (χ0) is 16.7. The van der Waals surface area contributed by atoms with Crippen LogP contribution < -0.4 is 14.8 Å². The minimum absolute atomic E-state index is 0.152. The third kappa shape index (κ3) is 5.82. The number of hydrogen-bond acceptors (Lipinski definition) is 4. The molecular weight excluding hydrogens is 294 g/mol. The Bertz CT molecular complexity index is 697. The second-order valence-corrected chi connectivity index (χ2v) is 5.17. The van der Waals surface area contributed by atoms with Crippen molar-refractivity contribution in [3.63, 3.8) is 0 Å². The number of esters is 1. The van der Waals surface area contributed by atoms with Gasteiger partial charge in [-0.1, -0.05) is 24.3 Å². The average Bonchev–Trinajstić information content (AvgIpc) is 2.51. The van der Waals surface area contributed by atoms with Crippen LogP contribution in [0.1, 0.15) is 11.1 Å². The van der Waals surface area contributed by atoms with E-state index < -0.39 is 5.97 Å². The van der Waals surface area contributed by atoms with Crippen molar-refractivity contribution in [3.8, 4) is 11.5 Å². The number of carbonyl (C=O) groups is 2. The van der Waals surface area contributed by atoms with Crippen molar-refractivity contribution in [2.24, 2.45) is 0 Å². The van der Waals surface area contributed by atoms with Gasteiger partial charge in [-0.15, -0.1) is 0 Å². The fraction of sp³-hybridized carbons (Fsp3) is 0.222. The summed E-state index contributed by atoms with van der Waals surface area (Å²) in [6.07, 6.45) is 0. The van der Waals surface area contributed by atoms with E-state index in [1.165, 1.54) is 0 Å². The lowest BCUT2D eigenvalue weighted by molar-refractivity contribution is -0.135. The number of amides is 1. The van der Waals surface area contributed by atoms with Crippen LogP contribution in [0, 0.1) is 13.8 Å². The molecule has 0 aromatic heterocycles. The number of hydrogen-bond donors (Lipinski definition) is 1. The molecule has 23 heavy (non-hydrogen) atoms. The minimum Gasteiger partial charge on any atom is -0.484 e. The molecule has 0 aliphatic heterocycles. The number of carbonyl (C=O) groups excluding carboxylic acids is 2. The summed E-state index contributed by atoms with van der Waals surface area (Å²) in [6, 6.07) is 14.5. The van der Waals surface area contributed by atoms with Gasteiger partial charge in [-0.2, -0.15) is 0 Å². The Morgan fingerprint density at radius 2 is 1.57 bits per heavy atom. The first-order valence-electron chi connectivity index (χ1n) is 7.26. The van der Waals surface area contributed by atoms with Crippen LogP contribution in [0.2, 0.25) is 0 Å². The van der Waals surface area contributed by atoms with Crippen molar-refractivity contribution >= 4 is 11.9 Å². The van der Waals surface area contributed by atoms with Gasteiger partial charge in [0.2, 0.25) is 0 Å². The maximum Gasteiger partial charge on any atom is 0.330 e. The molecule has 0 radical (unpaired) electrons. The molecule has 1 amide bonds. The Morgan fingerprint density at radius 1 is 0.957 bits per heavy atom. The first-order chi connectivity index (χ1) is 11.0.